The van der Waals surface area contributed by atoms with Crippen LogP contribution in [0.3, 0.4) is 0 Å². The molecule has 3 amide bonds. The zero-order valence-electron chi connectivity index (χ0n) is 34.7. The highest BCUT2D eigenvalue weighted by Crippen LogP contribution is 2.40. The van der Waals surface area contributed by atoms with Crippen molar-refractivity contribution in [3.63, 3.8) is 0 Å². The van der Waals surface area contributed by atoms with E-state index in [0.717, 1.165) is 60.6 Å². The standard InChI is InChI=1S/C42H60N4O8SSi/c1-29(47)44-38-23-21-33(27-43-38)37(54-56(9,10)42(5,6)7)28-46(40(49)53-41(2,3)4)25-24-30-16-18-31(19-17-30)32-20-22-35(39(48)45-55(8,50)51)36(26-32)52-34-14-12-11-13-15-34/h16-23,26-27,34,37H,11-15,24-25,28H2,1-10H3,(H,45,48)(H,43,44,47)/t37-/m0/s1. The first-order chi connectivity index (χ1) is 26.0. The Bertz CT molecular complexity index is 1930. The summed E-state index contributed by atoms with van der Waals surface area (Å²) in [4.78, 5) is 44.5. The monoisotopic (exact) mass is 808 g/mol. The fourth-order valence-corrected chi connectivity index (χ4v) is 7.80. The summed E-state index contributed by atoms with van der Waals surface area (Å²) < 4.78 is 44.9. The van der Waals surface area contributed by atoms with Crippen LogP contribution in [0.15, 0.2) is 60.8 Å². The Morgan fingerprint density at radius 3 is 2.12 bits per heavy atom. The van der Waals surface area contributed by atoms with Gasteiger partial charge in [-0.3, -0.25) is 9.59 Å². The van der Waals surface area contributed by atoms with Crippen molar-refractivity contribution < 1.29 is 36.7 Å². The average Bonchev–Trinajstić information content (AvgIpc) is 3.08. The van der Waals surface area contributed by atoms with Gasteiger partial charge in [-0.15, -0.1) is 0 Å². The van der Waals surface area contributed by atoms with Crippen molar-refractivity contribution in [3.05, 3.63) is 77.5 Å². The molecule has 0 radical (unpaired) electrons. The summed E-state index contributed by atoms with van der Waals surface area (Å²) in [5, 5.41) is 2.61. The van der Waals surface area contributed by atoms with Crippen LogP contribution in [-0.4, -0.2) is 75.6 Å². The molecule has 0 unspecified atom stereocenters. The van der Waals surface area contributed by atoms with E-state index in [-0.39, 0.29) is 29.2 Å². The lowest BCUT2D eigenvalue weighted by Crippen LogP contribution is -2.46. The van der Waals surface area contributed by atoms with E-state index >= 15 is 0 Å². The molecule has 0 spiro atoms. The van der Waals surface area contributed by atoms with Crippen molar-refractivity contribution in [2.45, 2.75) is 123 Å². The van der Waals surface area contributed by atoms with Gasteiger partial charge in [0.05, 0.1) is 30.6 Å². The van der Waals surface area contributed by atoms with Crippen molar-refractivity contribution in [1.82, 2.24) is 14.6 Å². The third-order valence-corrected chi connectivity index (χ3v) is 15.1. The largest absolute Gasteiger partial charge is 0.490 e. The predicted octanol–water partition coefficient (Wildman–Crippen LogP) is 8.65. The van der Waals surface area contributed by atoms with Gasteiger partial charge in [0, 0.05) is 19.7 Å². The lowest BCUT2D eigenvalue weighted by molar-refractivity contribution is -0.114. The first kappa shape index (κ1) is 44.4. The molecule has 1 heterocycles. The van der Waals surface area contributed by atoms with Gasteiger partial charge in [-0.25, -0.2) is 22.9 Å². The Morgan fingerprint density at radius 2 is 1.57 bits per heavy atom. The lowest BCUT2D eigenvalue weighted by Gasteiger charge is -2.40. The molecule has 0 bridgehead atoms. The van der Waals surface area contributed by atoms with Gasteiger partial charge >= 0.3 is 6.09 Å². The van der Waals surface area contributed by atoms with Gasteiger partial charge in [-0.05, 0) is 111 Å². The molecule has 306 valence electrons. The minimum absolute atomic E-state index is 0.0506. The molecule has 1 aliphatic carbocycles. The maximum atomic E-state index is 13.8. The topological polar surface area (TPSA) is 153 Å². The van der Waals surface area contributed by atoms with Gasteiger partial charge in [0.15, 0.2) is 8.32 Å². The van der Waals surface area contributed by atoms with Crippen LogP contribution in [-0.2, 0) is 30.4 Å². The van der Waals surface area contributed by atoms with E-state index in [0.29, 0.717) is 24.5 Å². The van der Waals surface area contributed by atoms with Gasteiger partial charge in [-0.2, -0.15) is 0 Å². The molecule has 2 aromatic carbocycles. The molecule has 3 aromatic rings. The Labute approximate surface area is 334 Å². The number of hydrogen-bond acceptors (Lipinski definition) is 9. The fraction of sp³-hybridized carbons (Fsp3) is 0.524. The summed E-state index contributed by atoms with van der Waals surface area (Å²) in [6, 6.07) is 16.8. The van der Waals surface area contributed by atoms with E-state index < -0.39 is 42.0 Å². The Morgan fingerprint density at radius 1 is 0.929 bits per heavy atom. The van der Waals surface area contributed by atoms with Crippen LogP contribution >= 0.6 is 0 Å². The summed E-state index contributed by atoms with van der Waals surface area (Å²) in [7, 11) is -6.10. The van der Waals surface area contributed by atoms with Gasteiger partial charge in [-0.1, -0.05) is 63.6 Å². The van der Waals surface area contributed by atoms with Gasteiger partial charge < -0.3 is 24.1 Å². The second-order valence-electron chi connectivity index (χ2n) is 17.2. The third kappa shape index (κ3) is 13.4. The summed E-state index contributed by atoms with van der Waals surface area (Å²) >= 11 is 0. The van der Waals surface area contributed by atoms with Gasteiger partial charge in [0.1, 0.15) is 17.2 Å². The van der Waals surface area contributed by atoms with E-state index in [1.54, 1.807) is 35.4 Å². The van der Waals surface area contributed by atoms with Crippen molar-refractivity contribution in [3.8, 4) is 16.9 Å². The van der Waals surface area contributed by atoms with Crippen molar-refractivity contribution in [2.24, 2.45) is 0 Å². The molecule has 14 heteroatoms. The number of sulfonamides is 1. The molecule has 0 saturated heterocycles. The maximum Gasteiger partial charge on any atom is 0.410 e. The quantitative estimate of drug-likeness (QED) is 0.152. The van der Waals surface area contributed by atoms with E-state index in [1.807, 2.05) is 51.1 Å². The Hall–Kier alpha value is -4.27. The second kappa shape index (κ2) is 18.3. The zero-order valence-corrected chi connectivity index (χ0v) is 36.5. The molecular formula is C42H60N4O8SSi. The average molecular weight is 809 g/mol. The minimum Gasteiger partial charge on any atom is -0.490 e. The highest BCUT2D eigenvalue weighted by molar-refractivity contribution is 7.89. The predicted molar refractivity (Wildman–Crippen MR) is 223 cm³/mol. The molecule has 0 aliphatic heterocycles. The van der Waals surface area contributed by atoms with Crippen molar-refractivity contribution in [1.29, 1.82) is 0 Å². The number of nitrogens with one attached hydrogen (secondary N) is 2. The van der Waals surface area contributed by atoms with E-state index in [9.17, 15) is 22.8 Å². The van der Waals surface area contributed by atoms with Crippen LogP contribution in [0, 0.1) is 0 Å². The van der Waals surface area contributed by atoms with E-state index in [2.05, 4.69) is 48.9 Å². The first-order valence-electron chi connectivity index (χ1n) is 19.3. The van der Waals surface area contributed by atoms with Crippen LogP contribution in [0.1, 0.15) is 108 Å². The van der Waals surface area contributed by atoms with Crippen LogP contribution in [0.2, 0.25) is 18.1 Å². The number of carbonyl (C=O) groups excluding carboxylic acids is 3. The molecule has 56 heavy (non-hydrogen) atoms. The maximum absolute atomic E-state index is 13.8. The molecule has 1 fully saturated rings. The lowest BCUT2D eigenvalue weighted by atomic mass is 9.97. The van der Waals surface area contributed by atoms with Crippen molar-refractivity contribution >= 4 is 42.1 Å². The highest BCUT2D eigenvalue weighted by atomic mass is 32.2. The summed E-state index contributed by atoms with van der Waals surface area (Å²) in [5.74, 6) is -0.168. The fourth-order valence-electron chi connectivity index (χ4n) is 6.08. The molecule has 1 aromatic heterocycles. The van der Waals surface area contributed by atoms with Crippen LogP contribution in [0.25, 0.3) is 11.1 Å². The molecule has 2 N–H and O–H groups in total. The number of benzene rings is 2. The SMILES string of the molecule is CC(=O)Nc1ccc([C@H](CN(CCc2ccc(-c3ccc(C(=O)NS(C)(=O)=O)c(OC4CCCCC4)c3)cc2)C(=O)OC(C)(C)C)O[Si](C)(C)C(C)(C)C)cn1. The second-order valence-corrected chi connectivity index (χ2v) is 23.7. The molecule has 1 saturated carbocycles. The summed E-state index contributed by atoms with van der Waals surface area (Å²) in [5.41, 5.74) is 2.94. The number of aromatic nitrogens is 1. The smallest absolute Gasteiger partial charge is 0.410 e. The molecule has 1 atom stereocenters. The molecular weight excluding hydrogens is 749 g/mol. The third-order valence-electron chi connectivity index (χ3n) is 10.1. The first-order valence-corrected chi connectivity index (χ1v) is 24.1. The number of anilines is 1. The summed E-state index contributed by atoms with van der Waals surface area (Å²) in [6.07, 6.45) is 7.12. The van der Waals surface area contributed by atoms with Crippen LogP contribution in [0.5, 0.6) is 5.75 Å². The van der Waals surface area contributed by atoms with Gasteiger partial charge in [0.2, 0.25) is 15.9 Å². The Kier molecular flexibility index (Phi) is 14.5. The number of pyridine rings is 1. The number of nitrogens with zero attached hydrogens (tertiary/aromatic N) is 2. The number of hydrogen-bond donors (Lipinski definition) is 2. The zero-order chi connectivity index (χ0) is 41.5. The van der Waals surface area contributed by atoms with Gasteiger partial charge in [0.25, 0.3) is 5.91 Å². The number of ether oxygens (including phenoxy) is 2. The molecule has 4 rings (SSSR count). The van der Waals surface area contributed by atoms with E-state index in [4.69, 9.17) is 13.9 Å². The summed E-state index contributed by atoms with van der Waals surface area (Å²) in [6.45, 7) is 18.4. The van der Waals surface area contributed by atoms with E-state index in [1.165, 1.54) is 6.92 Å². The number of rotatable bonds is 14. The van der Waals surface area contributed by atoms with Crippen LogP contribution in [0.4, 0.5) is 10.6 Å². The molecule has 12 nitrogen and oxygen atoms in total. The Balaban J connectivity index is 1.59. The number of carbonyl (C=O) groups is 3. The minimum atomic E-state index is -3.76. The van der Waals surface area contributed by atoms with Crippen molar-refractivity contribution in [2.75, 3.05) is 24.7 Å². The highest BCUT2D eigenvalue weighted by Gasteiger charge is 2.40. The number of amides is 3. The normalized spacial score (nSPS) is 14.8. The van der Waals surface area contributed by atoms with Crippen LogP contribution < -0.4 is 14.8 Å². The molecule has 1 aliphatic rings.